The molecule has 0 aliphatic carbocycles. The summed E-state index contributed by atoms with van der Waals surface area (Å²) in [7, 11) is 0. The molecule has 0 aliphatic rings. The number of carbonyl (C=O) groups excluding carboxylic acids is 1. The molecule has 4 nitrogen and oxygen atoms in total. The molecule has 0 atom stereocenters. The van der Waals surface area contributed by atoms with Gasteiger partial charge in [0.2, 0.25) is 0 Å². The molecular weight excluding hydrogens is 319 g/mol. The Labute approximate surface area is 148 Å². The van der Waals surface area contributed by atoms with Gasteiger partial charge >= 0.3 is 6.03 Å². The van der Waals surface area contributed by atoms with E-state index in [1.807, 2.05) is 12.1 Å². The fourth-order valence-corrected chi connectivity index (χ4v) is 2.32. The summed E-state index contributed by atoms with van der Waals surface area (Å²) in [4.78, 5) is 11.7. The first-order valence-electron chi connectivity index (χ1n) is 8.53. The Morgan fingerprint density at radius 2 is 1.64 bits per heavy atom. The van der Waals surface area contributed by atoms with Gasteiger partial charge in [-0.3, -0.25) is 0 Å². The lowest BCUT2D eigenvalue weighted by molar-refractivity contribution is 0.236. The number of amides is 2. The van der Waals surface area contributed by atoms with Crippen LogP contribution in [0.15, 0.2) is 48.5 Å². The van der Waals surface area contributed by atoms with E-state index in [9.17, 15) is 9.18 Å². The van der Waals surface area contributed by atoms with Crippen LogP contribution in [0.1, 0.15) is 30.9 Å². The number of ether oxygens (including phenoxy) is 1. The van der Waals surface area contributed by atoms with Crippen molar-refractivity contribution >= 4 is 6.03 Å². The summed E-state index contributed by atoms with van der Waals surface area (Å²) in [6.45, 7) is 5.62. The van der Waals surface area contributed by atoms with Crippen molar-refractivity contribution in [1.82, 2.24) is 10.6 Å². The second kappa shape index (κ2) is 9.67. The fraction of sp³-hybridized carbons (Fsp3) is 0.350. The number of hydrogen-bond acceptors (Lipinski definition) is 2. The van der Waals surface area contributed by atoms with Crippen LogP contribution in [-0.4, -0.2) is 25.7 Å². The predicted molar refractivity (Wildman–Crippen MR) is 97.5 cm³/mol. The third-order valence-electron chi connectivity index (χ3n) is 3.82. The normalized spacial score (nSPS) is 10.6. The first kappa shape index (κ1) is 18.8. The Morgan fingerprint density at radius 1 is 1.00 bits per heavy atom. The molecule has 0 spiro atoms. The molecule has 0 heterocycles. The second-order valence-corrected chi connectivity index (χ2v) is 6.13. The molecule has 0 fully saturated rings. The van der Waals surface area contributed by atoms with Gasteiger partial charge in [-0.15, -0.1) is 0 Å². The first-order valence-corrected chi connectivity index (χ1v) is 8.53. The lowest BCUT2D eigenvalue weighted by Gasteiger charge is -2.10. The SMILES string of the molecule is CC(C)c1ccc(OCCNC(=O)NCCc2ccc(F)cc2)cc1. The quantitative estimate of drug-likeness (QED) is 0.714. The van der Waals surface area contributed by atoms with Crippen molar-refractivity contribution in [1.29, 1.82) is 0 Å². The van der Waals surface area contributed by atoms with E-state index >= 15 is 0 Å². The number of urea groups is 1. The number of nitrogens with one attached hydrogen (secondary N) is 2. The summed E-state index contributed by atoms with van der Waals surface area (Å²) in [5, 5.41) is 5.51. The van der Waals surface area contributed by atoms with Crippen LogP contribution in [0.2, 0.25) is 0 Å². The smallest absolute Gasteiger partial charge is 0.314 e. The molecule has 0 aliphatic heterocycles. The molecule has 0 aromatic heterocycles. The molecule has 0 unspecified atom stereocenters. The van der Waals surface area contributed by atoms with E-state index in [2.05, 4.69) is 36.6 Å². The van der Waals surface area contributed by atoms with Gasteiger partial charge in [-0.1, -0.05) is 38.1 Å². The summed E-state index contributed by atoms with van der Waals surface area (Å²) >= 11 is 0. The summed E-state index contributed by atoms with van der Waals surface area (Å²) in [6, 6.07) is 14.0. The minimum absolute atomic E-state index is 0.235. The Hall–Kier alpha value is -2.56. The van der Waals surface area contributed by atoms with Gasteiger partial charge in [-0.05, 0) is 47.7 Å². The summed E-state index contributed by atoms with van der Waals surface area (Å²) in [5.41, 5.74) is 2.25. The highest BCUT2D eigenvalue weighted by Crippen LogP contribution is 2.18. The van der Waals surface area contributed by atoms with Crippen molar-refractivity contribution in [3.8, 4) is 5.75 Å². The number of halogens is 1. The largest absolute Gasteiger partial charge is 0.492 e. The molecule has 2 amide bonds. The summed E-state index contributed by atoms with van der Waals surface area (Å²) in [5.74, 6) is 1.03. The van der Waals surface area contributed by atoms with E-state index in [1.54, 1.807) is 12.1 Å². The lowest BCUT2D eigenvalue weighted by Crippen LogP contribution is -2.38. The predicted octanol–water partition coefficient (Wildman–Crippen LogP) is 3.87. The van der Waals surface area contributed by atoms with Crippen LogP contribution in [0.5, 0.6) is 5.75 Å². The van der Waals surface area contributed by atoms with E-state index in [4.69, 9.17) is 4.74 Å². The van der Waals surface area contributed by atoms with Gasteiger partial charge < -0.3 is 15.4 Å². The number of carbonyl (C=O) groups is 1. The number of rotatable bonds is 8. The van der Waals surface area contributed by atoms with E-state index in [0.29, 0.717) is 32.0 Å². The maximum atomic E-state index is 12.8. The van der Waals surface area contributed by atoms with Gasteiger partial charge in [0.15, 0.2) is 0 Å². The highest BCUT2D eigenvalue weighted by molar-refractivity contribution is 5.73. The highest BCUT2D eigenvalue weighted by atomic mass is 19.1. The molecule has 0 radical (unpaired) electrons. The molecule has 2 rings (SSSR count). The molecular formula is C20H25FN2O2. The highest BCUT2D eigenvalue weighted by Gasteiger charge is 2.02. The third-order valence-corrected chi connectivity index (χ3v) is 3.82. The maximum Gasteiger partial charge on any atom is 0.314 e. The second-order valence-electron chi connectivity index (χ2n) is 6.13. The molecule has 2 N–H and O–H groups in total. The topological polar surface area (TPSA) is 50.4 Å². The Balaban J connectivity index is 1.58. The van der Waals surface area contributed by atoms with Gasteiger partial charge in [0.25, 0.3) is 0 Å². The zero-order chi connectivity index (χ0) is 18.1. The fourth-order valence-electron chi connectivity index (χ4n) is 2.32. The van der Waals surface area contributed by atoms with Crippen LogP contribution < -0.4 is 15.4 Å². The van der Waals surface area contributed by atoms with Gasteiger partial charge in [-0.25, -0.2) is 9.18 Å². The first-order chi connectivity index (χ1) is 12.0. The minimum Gasteiger partial charge on any atom is -0.492 e. The molecule has 0 saturated carbocycles. The van der Waals surface area contributed by atoms with Crippen molar-refractivity contribution in [2.45, 2.75) is 26.2 Å². The van der Waals surface area contributed by atoms with Gasteiger partial charge in [0.1, 0.15) is 18.2 Å². The number of hydrogen-bond donors (Lipinski definition) is 2. The van der Waals surface area contributed by atoms with Crippen LogP contribution in [0.4, 0.5) is 9.18 Å². The summed E-state index contributed by atoms with van der Waals surface area (Å²) in [6.07, 6.45) is 0.659. The maximum absolute atomic E-state index is 12.8. The van der Waals surface area contributed by atoms with E-state index in [0.717, 1.165) is 11.3 Å². The lowest BCUT2D eigenvalue weighted by atomic mass is 10.0. The molecule has 5 heteroatoms. The molecule has 2 aromatic rings. The van der Waals surface area contributed by atoms with Crippen molar-refractivity contribution in [3.63, 3.8) is 0 Å². The Morgan fingerprint density at radius 3 is 2.28 bits per heavy atom. The van der Waals surface area contributed by atoms with E-state index in [-0.39, 0.29) is 11.8 Å². The van der Waals surface area contributed by atoms with E-state index in [1.165, 1.54) is 17.7 Å². The summed E-state index contributed by atoms with van der Waals surface area (Å²) < 4.78 is 18.4. The van der Waals surface area contributed by atoms with Crippen molar-refractivity contribution in [2.75, 3.05) is 19.7 Å². The van der Waals surface area contributed by atoms with Gasteiger partial charge in [0.05, 0.1) is 6.54 Å². The van der Waals surface area contributed by atoms with Gasteiger partial charge in [-0.2, -0.15) is 0 Å². The molecule has 25 heavy (non-hydrogen) atoms. The van der Waals surface area contributed by atoms with Crippen LogP contribution in [0, 0.1) is 5.82 Å². The number of benzene rings is 2. The zero-order valence-corrected chi connectivity index (χ0v) is 14.7. The Bertz CT molecular complexity index is 654. The zero-order valence-electron chi connectivity index (χ0n) is 14.7. The third kappa shape index (κ3) is 6.83. The Kier molecular flexibility index (Phi) is 7.26. The standard InChI is InChI=1S/C20H25FN2O2/c1-15(2)17-5-9-19(10-6-17)25-14-13-23-20(24)22-12-11-16-3-7-18(21)8-4-16/h3-10,15H,11-14H2,1-2H3,(H2,22,23,24). The van der Waals surface area contributed by atoms with Crippen molar-refractivity contribution < 1.29 is 13.9 Å². The van der Waals surface area contributed by atoms with Crippen LogP contribution >= 0.6 is 0 Å². The molecule has 0 bridgehead atoms. The molecule has 0 saturated heterocycles. The minimum atomic E-state index is -0.256. The van der Waals surface area contributed by atoms with Crippen molar-refractivity contribution in [2.24, 2.45) is 0 Å². The monoisotopic (exact) mass is 344 g/mol. The average molecular weight is 344 g/mol. The van der Waals surface area contributed by atoms with Crippen LogP contribution in [0.3, 0.4) is 0 Å². The van der Waals surface area contributed by atoms with Crippen LogP contribution in [-0.2, 0) is 6.42 Å². The molecule has 134 valence electrons. The van der Waals surface area contributed by atoms with Gasteiger partial charge in [0, 0.05) is 6.54 Å². The van der Waals surface area contributed by atoms with Crippen LogP contribution in [0.25, 0.3) is 0 Å². The van der Waals surface area contributed by atoms with Crippen molar-refractivity contribution in [3.05, 3.63) is 65.5 Å². The molecule has 2 aromatic carbocycles. The average Bonchev–Trinajstić information content (AvgIpc) is 2.61. The van der Waals surface area contributed by atoms with E-state index < -0.39 is 0 Å².